The predicted molar refractivity (Wildman–Crippen MR) is 92.8 cm³/mol. The molecule has 2 aliphatic heterocycles. The molecule has 136 valence electrons. The maximum atomic E-state index is 12.3. The topological polar surface area (TPSA) is 68.8 Å². The third-order valence-corrected chi connectivity index (χ3v) is 5.37. The molecule has 1 saturated carbocycles. The molecule has 0 bridgehead atoms. The first-order valence-corrected chi connectivity index (χ1v) is 9.29. The van der Waals surface area contributed by atoms with Crippen LogP contribution in [0.4, 0.5) is 0 Å². The molecular formula is C19H26N2O4. The number of hydrogen-bond acceptors (Lipinski definition) is 5. The van der Waals surface area contributed by atoms with Crippen LogP contribution in [0.1, 0.15) is 37.7 Å². The molecule has 2 N–H and O–H groups in total. The molecule has 2 atom stereocenters. The largest absolute Gasteiger partial charge is 0.454 e. The van der Waals surface area contributed by atoms with Crippen LogP contribution in [0.3, 0.4) is 0 Å². The molecule has 1 aliphatic carbocycles. The summed E-state index contributed by atoms with van der Waals surface area (Å²) in [7, 11) is 0. The Bertz CT molecular complexity index is 615. The second-order valence-electron chi connectivity index (χ2n) is 7.10. The summed E-state index contributed by atoms with van der Waals surface area (Å²) in [6.07, 6.45) is 5.57. The minimum atomic E-state index is 0.126. The zero-order chi connectivity index (χ0) is 17.1. The quantitative estimate of drug-likeness (QED) is 0.822. The second kappa shape index (κ2) is 7.62. The van der Waals surface area contributed by atoms with E-state index in [9.17, 15) is 4.79 Å². The highest BCUT2D eigenvalue weighted by Crippen LogP contribution is 2.32. The van der Waals surface area contributed by atoms with E-state index in [0.29, 0.717) is 24.9 Å². The number of hydrogen-bond donors (Lipinski definition) is 2. The van der Waals surface area contributed by atoms with Crippen molar-refractivity contribution in [1.29, 1.82) is 0 Å². The SMILES string of the molecule is O=C(CCc1ccc2c(c1)OCO2)N[C@@H]1CC[C@@H]1NC1CCOCC1. The summed E-state index contributed by atoms with van der Waals surface area (Å²) < 4.78 is 16.1. The number of rotatable bonds is 6. The van der Waals surface area contributed by atoms with Crippen LogP contribution in [0.15, 0.2) is 18.2 Å². The minimum absolute atomic E-state index is 0.126. The highest BCUT2D eigenvalue weighted by molar-refractivity contribution is 5.76. The Balaban J connectivity index is 1.21. The van der Waals surface area contributed by atoms with E-state index in [1.165, 1.54) is 0 Å². The average Bonchev–Trinajstić information content (AvgIpc) is 3.10. The maximum absolute atomic E-state index is 12.3. The van der Waals surface area contributed by atoms with Gasteiger partial charge in [-0.25, -0.2) is 0 Å². The fourth-order valence-electron chi connectivity index (χ4n) is 3.67. The number of ether oxygens (including phenoxy) is 3. The summed E-state index contributed by atoms with van der Waals surface area (Å²) in [6.45, 7) is 1.97. The molecule has 0 unspecified atom stereocenters. The molecule has 1 amide bonds. The first kappa shape index (κ1) is 16.7. The zero-order valence-corrected chi connectivity index (χ0v) is 14.5. The summed E-state index contributed by atoms with van der Waals surface area (Å²) in [5.74, 6) is 1.68. The minimum Gasteiger partial charge on any atom is -0.454 e. The molecule has 4 rings (SSSR count). The van der Waals surface area contributed by atoms with E-state index in [4.69, 9.17) is 14.2 Å². The zero-order valence-electron chi connectivity index (χ0n) is 14.5. The number of carbonyl (C=O) groups excluding carboxylic acids is 1. The van der Waals surface area contributed by atoms with Gasteiger partial charge in [0.1, 0.15) is 0 Å². The summed E-state index contributed by atoms with van der Waals surface area (Å²) >= 11 is 0. The van der Waals surface area contributed by atoms with Crippen LogP contribution in [0.5, 0.6) is 11.5 Å². The Morgan fingerprint density at radius 1 is 1.04 bits per heavy atom. The van der Waals surface area contributed by atoms with Crippen molar-refractivity contribution in [3.8, 4) is 11.5 Å². The number of carbonyl (C=O) groups is 1. The fraction of sp³-hybridized carbons (Fsp3) is 0.632. The Kier molecular flexibility index (Phi) is 5.08. The van der Waals surface area contributed by atoms with Gasteiger partial charge in [0.15, 0.2) is 11.5 Å². The Morgan fingerprint density at radius 3 is 2.64 bits per heavy atom. The van der Waals surface area contributed by atoms with Crippen LogP contribution in [-0.4, -0.2) is 44.0 Å². The average molecular weight is 346 g/mol. The van der Waals surface area contributed by atoms with Gasteiger partial charge in [0.2, 0.25) is 12.7 Å². The Morgan fingerprint density at radius 2 is 1.84 bits per heavy atom. The van der Waals surface area contributed by atoms with Gasteiger partial charge in [0, 0.05) is 37.8 Å². The smallest absolute Gasteiger partial charge is 0.231 e. The van der Waals surface area contributed by atoms with Gasteiger partial charge in [-0.2, -0.15) is 0 Å². The third-order valence-electron chi connectivity index (χ3n) is 5.37. The highest BCUT2D eigenvalue weighted by Gasteiger charge is 2.33. The maximum Gasteiger partial charge on any atom is 0.231 e. The summed E-state index contributed by atoms with van der Waals surface area (Å²) in [5.41, 5.74) is 1.10. The van der Waals surface area contributed by atoms with Crippen molar-refractivity contribution in [2.24, 2.45) is 0 Å². The summed E-state index contributed by atoms with van der Waals surface area (Å²) in [5, 5.41) is 6.88. The molecule has 1 aromatic carbocycles. The lowest BCUT2D eigenvalue weighted by Crippen LogP contribution is -2.59. The molecule has 1 saturated heterocycles. The van der Waals surface area contributed by atoms with Crippen molar-refractivity contribution < 1.29 is 19.0 Å². The lowest BCUT2D eigenvalue weighted by Gasteiger charge is -2.41. The highest BCUT2D eigenvalue weighted by atomic mass is 16.7. The van der Waals surface area contributed by atoms with Crippen LogP contribution >= 0.6 is 0 Å². The fourth-order valence-corrected chi connectivity index (χ4v) is 3.67. The molecule has 25 heavy (non-hydrogen) atoms. The van der Waals surface area contributed by atoms with Gasteiger partial charge in [-0.1, -0.05) is 6.07 Å². The standard InChI is InChI=1S/C19H26N2O4/c22-19(6-2-13-1-5-17-18(11-13)25-12-24-17)21-16-4-3-15(16)20-14-7-9-23-10-8-14/h1,5,11,14-16,20H,2-4,6-10,12H2,(H,21,22)/t15-,16+/m0/s1. The van der Waals surface area contributed by atoms with E-state index in [1.54, 1.807) is 0 Å². The molecule has 6 heteroatoms. The van der Waals surface area contributed by atoms with Gasteiger partial charge >= 0.3 is 0 Å². The van der Waals surface area contributed by atoms with E-state index in [0.717, 1.165) is 56.0 Å². The van der Waals surface area contributed by atoms with Gasteiger partial charge in [0.05, 0.1) is 0 Å². The van der Waals surface area contributed by atoms with Gasteiger partial charge in [-0.15, -0.1) is 0 Å². The van der Waals surface area contributed by atoms with Crippen molar-refractivity contribution in [2.75, 3.05) is 20.0 Å². The van der Waals surface area contributed by atoms with E-state index in [2.05, 4.69) is 10.6 Å². The van der Waals surface area contributed by atoms with E-state index in [-0.39, 0.29) is 18.7 Å². The number of nitrogens with one attached hydrogen (secondary N) is 2. The van der Waals surface area contributed by atoms with Gasteiger partial charge < -0.3 is 24.8 Å². The molecule has 0 radical (unpaired) electrons. The van der Waals surface area contributed by atoms with Gasteiger partial charge in [0.25, 0.3) is 0 Å². The van der Waals surface area contributed by atoms with Crippen LogP contribution in [0, 0.1) is 0 Å². The lowest BCUT2D eigenvalue weighted by atomic mass is 9.85. The Labute approximate surface area is 148 Å². The van der Waals surface area contributed by atoms with Crippen LogP contribution < -0.4 is 20.1 Å². The van der Waals surface area contributed by atoms with Crippen LogP contribution in [0.25, 0.3) is 0 Å². The molecule has 2 heterocycles. The molecule has 6 nitrogen and oxygen atoms in total. The third kappa shape index (κ3) is 4.07. The van der Waals surface area contributed by atoms with Crippen molar-refractivity contribution in [3.05, 3.63) is 23.8 Å². The molecule has 1 aromatic rings. The predicted octanol–water partition coefficient (Wildman–Crippen LogP) is 1.76. The number of benzene rings is 1. The first-order valence-electron chi connectivity index (χ1n) is 9.29. The van der Waals surface area contributed by atoms with Crippen molar-refractivity contribution >= 4 is 5.91 Å². The molecule has 2 fully saturated rings. The van der Waals surface area contributed by atoms with E-state index >= 15 is 0 Å². The number of aryl methyl sites for hydroxylation is 1. The number of fused-ring (bicyclic) bond motifs is 1. The van der Waals surface area contributed by atoms with Crippen molar-refractivity contribution in [1.82, 2.24) is 10.6 Å². The monoisotopic (exact) mass is 346 g/mol. The van der Waals surface area contributed by atoms with Crippen molar-refractivity contribution in [2.45, 2.75) is 56.7 Å². The summed E-state index contributed by atoms with van der Waals surface area (Å²) in [6, 6.07) is 7.10. The summed E-state index contributed by atoms with van der Waals surface area (Å²) in [4.78, 5) is 12.3. The normalized spacial score (nSPS) is 25.4. The van der Waals surface area contributed by atoms with E-state index < -0.39 is 0 Å². The number of amides is 1. The molecule has 0 spiro atoms. The van der Waals surface area contributed by atoms with Gasteiger partial charge in [-0.3, -0.25) is 4.79 Å². The second-order valence-corrected chi connectivity index (χ2v) is 7.10. The van der Waals surface area contributed by atoms with Crippen molar-refractivity contribution in [3.63, 3.8) is 0 Å². The Hall–Kier alpha value is -1.79. The molecule has 0 aromatic heterocycles. The van der Waals surface area contributed by atoms with Crippen LogP contribution in [0.2, 0.25) is 0 Å². The first-order chi connectivity index (χ1) is 12.3. The lowest BCUT2D eigenvalue weighted by molar-refractivity contribution is -0.122. The molecular weight excluding hydrogens is 320 g/mol. The molecule has 3 aliphatic rings. The van der Waals surface area contributed by atoms with Crippen LogP contribution in [-0.2, 0) is 16.0 Å². The van der Waals surface area contributed by atoms with E-state index in [1.807, 2.05) is 18.2 Å². The van der Waals surface area contributed by atoms with Gasteiger partial charge in [-0.05, 0) is 49.8 Å².